The molecule has 0 aromatic carbocycles. The van der Waals surface area contributed by atoms with Gasteiger partial charge < -0.3 is 21.1 Å². The van der Waals surface area contributed by atoms with Crippen molar-refractivity contribution in [1.29, 1.82) is 0 Å². The number of carboxylic acids is 1. The number of unbranched alkanes of at least 4 members (excludes halogenated alkanes) is 1. The minimum absolute atomic E-state index is 0.00241. The van der Waals surface area contributed by atoms with Crippen LogP contribution < -0.4 is 16.0 Å². The number of carbonyl (C=O) groups excluding carboxylic acids is 2. The molecule has 158 valence electrons. The number of carbonyl (C=O) groups is 3. The maximum atomic E-state index is 12.2. The minimum Gasteiger partial charge on any atom is -0.480 e. The van der Waals surface area contributed by atoms with Crippen molar-refractivity contribution in [2.75, 3.05) is 6.54 Å². The summed E-state index contributed by atoms with van der Waals surface area (Å²) in [6, 6.07) is -0.359. The van der Waals surface area contributed by atoms with E-state index in [1.807, 2.05) is 27.7 Å². The fourth-order valence-electron chi connectivity index (χ4n) is 2.91. The Labute approximate surface area is 164 Å². The minimum atomic E-state index is -1.00. The molecular weight excluding hydrogens is 346 g/mol. The van der Waals surface area contributed by atoms with Crippen LogP contribution in [-0.2, 0) is 14.4 Å². The quantitative estimate of drug-likeness (QED) is 0.343. The lowest BCUT2D eigenvalue weighted by atomic mass is 9.93. The summed E-state index contributed by atoms with van der Waals surface area (Å²) >= 11 is 0. The molecule has 2 amide bonds. The van der Waals surface area contributed by atoms with Crippen molar-refractivity contribution in [2.24, 2.45) is 11.8 Å². The van der Waals surface area contributed by atoms with Gasteiger partial charge in [-0.3, -0.25) is 9.59 Å². The van der Waals surface area contributed by atoms with E-state index in [9.17, 15) is 19.5 Å². The van der Waals surface area contributed by atoms with E-state index >= 15 is 0 Å². The van der Waals surface area contributed by atoms with E-state index < -0.39 is 12.0 Å². The van der Waals surface area contributed by atoms with Gasteiger partial charge in [0.1, 0.15) is 6.04 Å². The van der Waals surface area contributed by atoms with E-state index in [1.165, 1.54) is 0 Å². The van der Waals surface area contributed by atoms with Gasteiger partial charge in [-0.2, -0.15) is 0 Å². The molecule has 4 N–H and O–H groups in total. The first-order valence-corrected chi connectivity index (χ1v) is 10.1. The Morgan fingerprint density at radius 3 is 2.04 bits per heavy atom. The molecule has 0 radical (unpaired) electrons. The Morgan fingerprint density at radius 1 is 0.889 bits per heavy atom. The zero-order chi connectivity index (χ0) is 21.0. The second-order valence-electron chi connectivity index (χ2n) is 8.17. The van der Waals surface area contributed by atoms with Gasteiger partial charge in [0.2, 0.25) is 11.8 Å². The van der Waals surface area contributed by atoms with Crippen LogP contribution in [0, 0.1) is 11.8 Å². The topological polar surface area (TPSA) is 108 Å². The number of carboxylic acid groups (broad SMARTS) is 1. The molecule has 0 aliphatic rings. The van der Waals surface area contributed by atoms with Crippen LogP contribution in [0.4, 0.5) is 0 Å². The Morgan fingerprint density at radius 2 is 1.52 bits per heavy atom. The van der Waals surface area contributed by atoms with Crippen LogP contribution in [0.25, 0.3) is 0 Å². The third kappa shape index (κ3) is 13.2. The van der Waals surface area contributed by atoms with Gasteiger partial charge in [0.05, 0.1) is 0 Å². The molecule has 0 saturated heterocycles. The predicted molar refractivity (Wildman–Crippen MR) is 107 cm³/mol. The van der Waals surface area contributed by atoms with E-state index in [0.717, 1.165) is 19.4 Å². The number of hydrogen-bond donors (Lipinski definition) is 4. The molecule has 3 unspecified atom stereocenters. The molecule has 0 aliphatic carbocycles. The SMILES string of the molecule is CC(CC(=O)NC(CCCCNC(C)C)C(=O)O)CC(C)C(=O)NC(C)C. The predicted octanol–water partition coefficient (Wildman–Crippen LogP) is 2.30. The molecule has 7 nitrogen and oxygen atoms in total. The molecule has 0 aliphatic heterocycles. The average Bonchev–Trinajstić information content (AvgIpc) is 2.51. The zero-order valence-electron chi connectivity index (χ0n) is 17.8. The molecule has 0 bridgehead atoms. The van der Waals surface area contributed by atoms with E-state index in [0.29, 0.717) is 18.9 Å². The van der Waals surface area contributed by atoms with Crippen LogP contribution >= 0.6 is 0 Å². The number of hydrogen-bond acceptors (Lipinski definition) is 4. The van der Waals surface area contributed by atoms with Gasteiger partial charge in [-0.15, -0.1) is 0 Å². The summed E-state index contributed by atoms with van der Waals surface area (Å²) in [7, 11) is 0. The Bertz CT molecular complexity index is 466. The molecular formula is C20H39N3O4. The normalized spacial score (nSPS) is 14.7. The largest absolute Gasteiger partial charge is 0.480 e. The molecule has 0 rings (SSSR count). The molecule has 0 aromatic rings. The Balaban J connectivity index is 4.28. The van der Waals surface area contributed by atoms with Gasteiger partial charge in [0.25, 0.3) is 0 Å². The number of amides is 2. The maximum absolute atomic E-state index is 12.2. The fourth-order valence-corrected chi connectivity index (χ4v) is 2.91. The first kappa shape index (κ1) is 25.4. The van der Waals surface area contributed by atoms with Crippen molar-refractivity contribution < 1.29 is 19.5 Å². The summed E-state index contributed by atoms with van der Waals surface area (Å²) in [6.07, 6.45) is 2.83. The smallest absolute Gasteiger partial charge is 0.326 e. The number of aliphatic carboxylic acids is 1. The highest BCUT2D eigenvalue weighted by Gasteiger charge is 2.22. The lowest BCUT2D eigenvalue weighted by Gasteiger charge is -2.20. The van der Waals surface area contributed by atoms with Gasteiger partial charge in [-0.1, -0.05) is 27.7 Å². The van der Waals surface area contributed by atoms with Crippen molar-refractivity contribution >= 4 is 17.8 Å². The first-order valence-electron chi connectivity index (χ1n) is 10.1. The van der Waals surface area contributed by atoms with E-state index in [-0.39, 0.29) is 36.1 Å². The highest BCUT2D eigenvalue weighted by molar-refractivity contribution is 5.83. The number of nitrogens with one attached hydrogen (secondary N) is 3. The molecule has 0 aromatic heterocycles. The summed E-state index contributed by atoms with van der Waals surface area (Å²) in [4.78, 5) is 35.5. The molecule has 0 saturated carbocycles. The first-order chi connectivity index (χ1) is 12.5. The van der Waals surface area contributed by atoms with Crippen LogP contribution in [0.3, 0.4) is 0 Å². The summed E-state index contributed by atoms with van der Waals surface area (Å²) in [5.74, 6) is -1.47. The molecule has 0 heterocycles. The van der Waals surface area contributed by atoms with Crippen LogP contribution in [-0.4, -0.2) is 47.6 Å². The van der Waals surface area contributed by atoms with Crippen LogP contribution in [0.2, 0.25) is 0 Å². The molecule has 0 spiro atoms. The highest BCUT2D eigenvalue weighted by atomic mass is 16.4. The van der Waals surface area contributed by atoms with Crippen LogP contribution in [0.1, 0.15) is 73.6 Å². The summed E-state index contributed by atoms with van der Waals surface area (Å²) in [6.45, 7) is 12.5. The van der Waals surface area contributed by atoms with Gasteiger partial charge in [0, 0.05) is 24.4 Å². The van der Waals surface area contributed by atoms with Crippen molar-refractivity contribution in [3.05, 3.63) is 0 Å². The fraction of sp³-hybridized carbons (Fsp3) is 0.850. The van der Waals surface area contributed by atoms with Crippen molar-refractivity contribution in [2.45, 2.75) is 91.8 Å². The molecule has 3 atom stereocenters. The van der Waals surface area contributed by atoms with E-state index in [1.54, 1.807) is 0 Å². The van der Waals surface area contributed by atoms with Gasteiger partial charge in [0.15, 0.2) is 0 Å². The third-order valence-corrected chi connectivity index (χ3v) is 4.27. The van der Waals surface area contributed by atoms with Crippen molar-refractivity contribution in [1.82, 2.24) is 16.0 Å². The van der Waals surface area contributed by atoms with Gasteiger partial charge in [-0.05, 0) is 52.0 Å². The highest BCUT2D eigenvalue weighted by Crippen LogP contribution is 2.16. The molecule has 7 heteroatoms. The van der Waals surface area contributed by atoms with E-state index in [2.05, 4.69) is 29.8 Å². The Kier molecular flexibility index (Phi) is 12.7. The van der Waals surface area contributed by atoms with E-state index in [4.69, 9.17) is 0 Å². The van der Waals surface area contributed by atoms with Crippen LogP contribution in [0.5, 0.6) is 0 Å². The Hall–Kier alpha value is -1.63. The zero-order valence-corrected chi connectivity index (χ0v) is 17.8. The van der Waals surface area contributed by atoms with Gasteiger partial charge in [-0.25, -0.2) is 4.79 Å². The summed E-state index contributed by atoms with van der Waals surface area (Å²) in [5, 5.41) is 18.1. The summed E-state index contributed by atoms with van der Waals surface area (Å²) < 4.78 is 0. The maximum Gasteiger partial charge on any atom is 0.326 e. The third-order valence-electron chi connectivity index (χ3n) is 4.27. The van der Waals surface area contributed by atoms with Crippen molar-refractivity contribution in [3.63, 3.8) is 0 Å². The number of rotatable bonds is 14. The lowest BCUT2D eigenvalue weighted by molar-refractivity contribution is -0.142. The standard InChI is InChI=1S/C20H39N3O4/c1-13(2)21-10-8-7-9-17(20(26)27)23-18(24)12-15(5)11-16(6)19(25)22-14(3)4/h13-17,21H,7-12H2,1-6H3,(H,22,25)(H,23,24)(H,26,27). The monoisotopic (exact) mass is 385 g/mol. The van der Waals surface area contributed by atoms with Crippen molar-refractivity contribution in [3.8, 4) is 0 Å². The molecule has 27 heavy (non-hydrogen) atoms. The average molecular weight is 386 g/mol. The summed E-state index contributed by atoms with van der Waals surface area (Å²) in [5.41, 5.74) is 0. The second-order valence-corrected chi connectivity index (χ2v) is 8.17. The molecule has 0 fully saturated rings. The van der Waals surface area contributed by atoms with Crippen LogP contribution in [0.15, 0.2) is 0 Å². The lowest BCUT2D eigenvalue weighted by Crippen LogP contribution is -2.41. The van der Waals surface area contributed by atoms with Gasteiger partial charge >= 0.3 is 5.97 Å². The second kappa shape index (κ2) is 13.5.